The highest BCUT2D eigenvalue weighted by Crippen LogP contribution is 2.22. The van der Waals surface area contributed by atoms with Gasteiger partial charge in [-0.05, 0) is 37.1 Å². The van der Waals surface area contributed by atoms with Crippen LogP contribution in [0, 0.1) is 13.8 Å². The second-order valence-electron chi connectivity index (χ2n) is 4.47. The SMILES string of the molecule is Cc1cc(N)cc(C)c1S(=O)(=O)NCCc1ncno1. The van der Waals surface area contributed by atoms with Crippen molar-refractivity contribution in [2.24, 2.45) is 0 Å². The van der Waals surface area contributed by atoms with Gasteiger partial charge in [0.15, 0.2) is 6.33 Å². The maximum absolute atomic E-state index is 12.3. The largest absolute Gasteiger partial charge is 0.399 e. The van der Waals surface area contributed by atoms with Crippen LogP contribution in [0.3, 0.4) is 0 Å². The monoisotopic (exact) mass is 296 g/mol. The molecule has 0 unspecified atom stereocenters. The van der Waals surface area contributed by atoms with Gasteiger partial charge < -0.3 is 10.3 Å². The van der Waals surface area contributed by atoms with Crippen molar-refractivity contribution in [1.82, 2.24) is 14.9 Å². The van der Waals surface area contributed by atoms with Gasteiger partial charge >= 0.3 is 0 Å². The normalized spacial score (nSPS) is 11.7. The highest BCUT2D eigenvalue weighted by atomic mass is 32.2. The number of sulfonamides is 1. The summed E-state index contributed by atoms with van der Waals surface area (Å²) in [6.45, 7) is 3.62. The lowest BCUT2D eigenvalue weighted by Gasteiger charge is -2.12. The van der Waals surface area contributed by atoms with Gasteiger partial charge in [-0.3, -0.25) is 0 Å². The number of nitrogens with two attached hydrogens (primary N) is 1. The standard InChI is InChI=1S/C12H16N4O3S/c1-8-5-10(13)6-9(2)12(8)20(17,18)16-4-3-11-14-7-15-19-11/h5-7,16H,3-4,13H2,1-2H3. The molecule has 0 amide bonds. The van der Waals surface area contributed by atoms with Crippen LogP contribution in [0.4, 0.5) is 5.69 Å². The second kappa shape index (κ2) is 5.59. The first-order chi connectivity index (χ1) is 9.40. The van der Waals surface area contributed by atoms with E-state index in [0.29, 0.717) is 29.1 Å². The molecule has 1 aromatic heterocycles. The molecule has 3 N–H and O–H groups in total. The maximum Gasteiger partial charge on any atom is 0.241 e. The van der Waals surface area contributed by atoms with E-state index in [2.05, 4.69) is 14.9 Å². The number of nitrogen functional groups attached to an aromatic ring is 1. The Kier molecular flexibility index (Phi) is 4.05. The second-order valence-corrected chi connectivity index (χ2v) is 6.17. The molecule has 108 valence electrons. The lowest BCUT2D eigenvalue weighted by atomic mass is 10.1. The molecule has 0 saturated heterocycles. The van der Waals surface area contributed by atoms with Crippen molar-refractivity contribution in [2.75, 3.05) is 12.3 Å². The Morgan fingerprint density at radius 1 is 1.30 bits per heavy atom. The number of anilines is 1. The van der Waals surface area contributed by atoms with Crippen LogP contribution in [0.5, 0.6) is 0 Å². The van der Waals surface area contributed by atoms with Gasteiger partial charge in [0.25, 0.3) is 0 Å². The molecule has 0 saturated carbocycles. The predicted molar refractivity (Wildman–Crippen MR) is 73.5 cm³/mol. The van der Waals surface area contributed by atoms with E-state index in [-0.39, 0.29) is 11.4 Å². The molecular weight excluding hydrogens is 280 g/mol. The minimum atomic E-state index is -3.59. The van der Waals surface area contributed by atoms with Crippen LogP contribution in [0.15, 0.2) is 27.9 Å². The van der Waals surface area contributed by atoms with E-state index in [9.17, 15) is 8.42 Å². The van der Waals surface area contributed by atoms with Crippen LogP contribution >= 0.6 is 0 Å². The van der Waals surface area contributed by atoms with Gasteiger partial charge in [-0.15, -0.1) is 0 Å². The van der Waals surface area contributed by atoms with Gasteiger partial charge in [0, 0.05) is 18.7 Å². The van der Waals surface area contributed by atoms with Crippen LogP contribution in [-0.4, -0.2) is 25.1 Å². The fourth-order valence-electron chi connectivity index (χ4n) is 2.08. The van der Waals surface area contributed by atoms with Crippen LogP contribution in [0.1, 0.15) is 17.0 Å². The highest BCUT2D eigenvalue weighted by Gasteiger charge is 2.19. The van der Waals surface area contributed by atoms with Gasteiger partial charge in [-0.25, -0.2) is 13.1 Å². The lowest BCUT2D eigenvalue weighted by molar-refractivity contribution is 0.377. The van der Waals surface area contributed by atoms with Gasteiger partial charge in [0.05, 0.1) is 4.90 Å². The van der Waals surface area contributed by atoms with Crippen LogP contribution in [0.25, 0.3) is 0 Å². The number of aromatic nitrogens is 2. The molecule has 2 aromatic rings. The van der Waals surface area contributed by atoms with Gasteiger partial charge in [0.1, 0.15) is 0 Å². The molecule has 0 aliphatic rings. The summed E-state index contributed by atoms with van der Waals surface area (Å²) in [6, 6.07) is 3.28. The summed E-state index contributed by atoms with van der Waals surface area (Å²) in [5, 5.41) is 3.46. The molecule has 1 heterocycles. The van der Waals surface area contributed by atoms with E-state index in [4.69, 9.17) is 10.3 Å². The van der Waals surface area contributed by atoms with Gasteiger partial charge in [-0.2, -0.15) is 4.98 Å². The number of benzene rings is 1. The number of hydrogen-bond donors (Lipinski definition) is 2. The van der Waals surface area contributed by atoms with Crippen molar-refractivity contribution in [1.29, 1.82) is 0 Å². The summed E-state index contributed by atoms with van der Waals surface area (Å²) in [7, 11) is -3.59. The lowest BCUT2D eigenvalue weighted by Crippen LogP contribution is -2.27. The molecule has 7 nitrogen and oxygen atoms in total. The minimum absolute atomic E-state index is 0.188. The number of nitrogens with one attached hydrogen (secondary N) is 1. The Balaban J connectivity index is 2.14. The smallest absolute Gasteiger partial charge is 0.241 e. The molecule has 0 bridgehead atoms. The van der Waals surface area contributed by atoms with Gasteiger partial charge in [-0.1, -0.05) is 5.16 Å². The molecule has 0 fully saturated rings. The summed E-state index contributed by atoms with van der Waals surface area (Å²) in [5.41, 5.74) is 7.48. The topological polar surface area (TPSA) is 111 Å². The number of hydrogen-bond acceptors (Lipinski definition) is 6. The Morgan fingerprint density at radius 2 is 1.95 bits per heavy atom. The molecule has 0 aliphatic carbocycles. The van der Waals surface area contributed by atoms with Crippen molar-refractivity contribution in [3.63, 3.8) is 0 Å². The third-order valence-corrected chi connectivity index (χ3v) is 4.55. The Hall–Kier alpha value is -1.93. The predicted octanol–water partition coefficient (Wildman–Crippen LogP) is 0.790. The van der Waals surface area contributed by atoms with Gasteiger partial charge in [0.2, 0.25) is 15.9 Å². The third-order valence-electron chi connectivity index (χ3n) is 2.79. The number of rotatable bonds is 5. The quantitative estimate of drug-likeness (QED) is 0.789. The number of aryl methyl sites for hydroxylation is 2. The zero-order chi connectivity index (χ0) is 14.8. The van der Waals surface area contributed by atoms with Crippen molar-refractivity contribution in [3.8, 4) is 0 Å². The Morgan fingerprint density at radius 3 is 2.50 bits per heavy atom. The van der Waals surface area contributed by atoms with Crippen molar-refractivity contribution in [2.45, 2.75) is 25.2 Å². The zero-order valence-electron chi connectivity index (χ0n) is 11.3. The fraction of sp³-hybridized carbons (Fsp3) is 0.333. The van der Waals surface area contributed by atoms with E-state index >= 15 is 0 Å². The van der Waals surface area contributed by atoms with E-state index < -0.39 is 10.0 Å². The first-order valence-corrected chi connectivity index (χ1v) is 7.50. The molecule has 0 atom stereocenters. The van der Waals surface area contributed by atoms with Crippen molar-refractivity contribution in [3.05, 3.63) is 35.5 Å². The van der Waals surface area contributed by atoms with Crippen molar-refractivity contribution >= 4 is 15.7 Å². The van der Waals surface area contributed by atoms with E-state index in [1.54, 1.807) is 26.0 Å². The molecule has 20 heavy (non-hydrogen) atoms. The average Bonchev–Trinajstić information content (AvgIpc) is 2.79. The molecular formula is C12H16N4O3S. The van der Waals surface area contributed by atoms with Crippen LogP contribution in [0.2, 0.25) is 0 Å². The van der Waals surface area contributed by atoms with E-state index in [1.165, 1.54) is 6.33 Å². The maximum atomic E-state index is 12.3. The summed E-state index contributed by atoms with van der Waals surface area (Å²) in [5.74, 6) is 0.387. The molecule has 2 rings (SSSR count). The molecule has 0 spiro atoms. The zero-order valence-corrected chi connectivity index (χ0v) is 12.1. The minimum Gasteiger partial charge on any atom is -0.399 e. The molecule has 1 aromatic carbocycles. The van der Waals surface area contributed by atoms with Crippen LogP contribution < -0.4 is 10.5 Å². The summed E-state index contributed by atoms with van der Waals surface area (Å²) < 4.78 is 31.9. The Labute approximate surface area is 117 Å². The summed E-state index contributed by atoms with van der Waals surface area (Å²) in [4.78, 5) is 4.09. The highest BCUT2D eigenvalue weighted by molar-refractivity contribution is 7.89. The summed E-state index contributed by atoms with van der Waals surface area (Å²) in [6.07, 6.45) is 1.62. The van der Waals surface area contributed by atoms with Crippen LogP contribution in [-0.2, 0) is 16.4 Å². The fourth-order valence-corrected chi connectivity index (χ4v) is 3.56. The molecule has 0 aliphatic heterocycles. The van der Waals surface area contributed by atoms with E-state index in [1.807, 2.05) is 0 Å². The molecule has 8 heteroatoms. The summed E-state index contributed by atoms with van der Waals surface area (Å²) >= 11 is 0. The van der Waals surface area contributed by atoms with Crippen molar-refractivity contribution < 1.29 is 12.9 Å². The Bertz CT molecular complexity index is 672. The number of nitrogens with zero attached hydrogens (tertiary/aromatic N) is 2. The first-order valence-electron chi connectivity index (χ1n) is 6.02. The third kappa shape index (κ3) is 3.14. The molecule has 0 radical (unpaired) electrons. The first kappa shape index (κ1) is 14.5. The van der Waals surface area contributed by atoms with E-state index in [0.717, 1.165) is 0 Å². The average molecular weight is 296 g/mol.